The maximum atomic E-state index is 13.4. The van der Waals surface area contributed by atoms with Crippen LogP contribution >= 0.6 is 0 Å². The van der Waals surface area contributed by atoms with E-state index in [4.69, 9.17) is 0 Å². The molecule has 3 unspecified atom stereocenters. The molecular weight excluding hydrogens is 418 g/mol. The molecular formula is C23H24F2N4O3. The van der Waals surface area contributed by atoms with Crippen molar-refractivity contribution in [3.05, 3.63) is 83.1 Å². The molecule has 7 nitrogen and oxygen atoms in total. The molecule has 0 aliphatic heterocycles. The lowest BCUT2D eigenvalue weighted by Gasteiger charge is -2.16. The Bertz CT molecular complexity index is 1070. The smallest absolute Gasteiger partial charge is 0.254 e. The molecule has 0 fully saturated rings. The number of carbonyl (C=O) groups excluding carboxylic acids is 2. The molecule has 4 N–H and O–H groups in total. The maximum Gasteiger partial charge on any atom is 0.254 e. The van der Waals surface area contributed by atoms with Crippen LogP contribution in [0.2, 0.25) is 0 Å². The Morgan fingerprint density at radius 1 is 1.00 bits per heavy atom. The van der Waals surface area contributed by atoms with Crippen LogP contribution in [0, 0.1) is 11.6 Å². The lowest BCUT2D eigenvalue weighted by atomic mass is 9.96. The van der Waals surface area contributed by atoms with E-state index in [1.807, 2.05) is 6.92 Å². The summed E-state index contributed by atoms with van der Waals surface area (Å²) in [6.07, 6.45) is -0.973. The number of carbonyl (C=O) groups is 2. The minimum Gasteiger partial charge on any atom is -0.378 e. The van der Waals surface area contributed by atoms with Crippen LogP contribution in [-0.2, 0) is 16.0 Å². The lowest BCUT2D eigenvalue weighted by Crippen LogP contribution is -2.43. The summed E-state index contributed by atoms with van der Waals surface area (Å²) >= 11 is 0. The monoisotopic (exact) mass is 442 g/mol. The summed E-state index contributed by atoms with van der Waals surface area (Å²) in [7, 11) is 0. The molecule has 0 bridgehead atoms. The van der Waals surface area contributed by atoms with Crippen molar-refractivity contribution in [2.75, 3.05) is 5.32 Å². The van der Waals surface area contributed by atoms with Crippen LogP contribution in [0.15, 0.2) is 54.6 Å². The predicted octanol–water partition coefficient (Wildman–Crippen LogP) is 3.21. The van der Waals surface area contributed by atoms with Gasteiger partial charge in [-0.05, 0) is 42.5 Å². The fourth-order valence-corrected chi connectivity index (χ4v) is 3.22. The molecule has 3 atom stereocenters. The number of hydrogen-bond acceptors (Lipinski definition) is 4. The van der Waals surface area contributed by atoms with Crippen molar-refractivity contribution in [1.29, 1.82) is 0 Å². The van der Waals surface area contributed by atoms with E-state index in [2.05, 4.69) is 20.8 Å². The number of benzene rings is 2. The highest BCUT2D eigenvalue weighted by Crippen LogP contribution is 2.22. The van der Waals surface area contributed by atoms with E-state index >= 15 is 0 Å². The van der Waals surface area contributed by atoms with Crippen molar-refractivity contribution in [2.45, 2.75) is 38.3 Å². The maximum absolute atomic E-state index is 13.4. The number of H-pyrrole nitrogens is 1. The first-order valence-electron chi connectivity index (χ1n) is 10.1. The van der Waals surface area contributed by atoms with Gasteiger partial charge in [-0.1, -0.05) is 37.3 Å². The molecule has 9 heteroatoms. The first-order chi connectivity index (χ1) is 15.2. The summed E-state index contributed by atoms with van der Waals surface area (Å²) in [6, 6.07) is 12.4. The first-order valence-corrected chi connectivity index (χ1v) is 10.1. The first kappa shape index (κ1) is 23.1. The van der Waals surface area contributed by atoms with Crippen LogP contribution in [-0.4, -0.2) is 33.2 Å². The fraction of sp³-hybridized carbons (Fsp3) is 0.261. The summed E-state index contributed by atoms with van der Waals surface area (Å²) in [5, 5.41) is 22.0. The van der Waals surface area contributed by atoms with Crippen LogP contribution in [0.5, 0.6) is 0 Å². The van der Waals surface area contributed by atoms with Gasteiger partial charge in [0.25, 0.3) is 5.91 Å². The fourth-order valence-electron chi connectivity index (χ4n) is 3.22. The molecule has 168 valence electrons. The molecule has 32 heavy (non-hydrogen) atoms. The number of nitrogens with one attached hydrogen (secondary N) is 3. The minimum absolute atomic E-state index is 0.193. The molecule has 0 saturated heterocycles. The molecule has 0 aliphatic carbocycles. The van der Waals surface area contributed by atoms with Crippen molar-refractivity contribution in [3.63, 3.8) is 0 Å². The van der Waals surface area contributed by atoms with Crippen molar-refractivity contribution in [1.82, 2.24) is 15.5 Å². The Hall–Kier alpha value is -3.59. The molecule has 2 amide bonds. The molecule has 2 aromatic carbocycles. The molecule has 1 aromatic heterocycles. The third-order valence-electron chi connectivity index (χ3n) is 4.98. The average Bonchev–Trinajstić information content (AvgIpc) is 3.19. The lowest BCUT2D eigenvalue weighted by molar-refractivity contribution is -0.132. The van der Waals surface area contributed by atoms with Gasteiger partial charge in [0.05, 0.1) is 0 Å². The van der Waals surface area contributed by atoms with Gasteiger partial charge < -0.3 is 15.7 Å². The van der Waals surface area contributed by atoms with Gasteiger partial charge in [0, 0.05) is 17.8 Å². The van der Waals surface area contributed by atoms with Gasteiger partial charge in [0.15, 0.2) is 11.9 Å². The van der Waals surface area contributed by atoms with Crippen LogP contribution in [0.1, 0.15) is 42.7 Å². The van der Waals surface area contributed by atoms with Gasteiger partial charge >= 0.3 is 0 Å². The second-order valence-corrected chi connectivity index (χ2v) is 7.62. The third-order valence-corrected chi connectivity index (χ3v) is 4.98. The molecule has 1 heterocycles. The summed E-state index contributed by atoms with van der Waals surface area (Å²) in [5.74, 6) is -2.44. The zero-order chi connectivity index (χ0) is 23.3. The summed E-state index contributed by atoms with van der Waals surface area (Å²) < 4.78 is 26.9. The predicted molar refractivity (Wildman–Crippen MR) is 115 cm³/mol. The number of aliphatic hydroxyl groups is 1. The number of halogens is 2. The van der Waals surface area contributed by atoms with Crippen molar-refractivity contribution >= 4 is 17.6 Å². The Labute approximate surface area is 183 Å². The van der Waals surface area contributed by atoms with E-state index in [0.29, 0.717) is 23.2 Å². The zero-order valence-corrected chi connectivity index (χ0v) is 17.6. The van der Waals surface area contributed by atoms with Gasteiger partial charge in [-0.25, -0.2) is 8.78 Å². The molecule has 3 aromatic rings. The van der Waals surface area contributed by atoms with E-state index in [1.54, 1.807) is 36.4 Å². The van der Waals surface area contributed by atoms with Crippen LogP contribution in [0.4, 0.5) is 14.6 Å². The van der Waals surface area contributed by atoms with E-state index < -0.39 is 35.6 Å². The van der Waals surface area contributed by atoms with E-state index in [-0.39, 0.29) is 11.7 Å². The quantitative estimate of drug-likeness (QED) is 0.430. The Kier molecular flexibility index (Phi) is 7.32. The standard InChI is InChI=1S/C23H24F2N4O3/c1-13(16-9-17(24)11-18(25)10-16)8-19-12-20(29-28-19)27-22(31)14(2)26-23(32)21(30)15-6-4-3-5-7-15/h3-7,9-14,21,30H,8H2,1-2H3,(H,26,32)(H2,27,28,29,31). The number of aromatic amines is 1. The van der Waals surface area contributed by atoms with Crippen LogP contribution < -0.4 is 10.6 Å². The number of anilines is 1. The van der Waals surface area contributed by atoms with Gasteiger partial charge in [-0.3, -0.25) is 14.7 Å². The Morgan fingerprint density at radius 3 is 2.31 bits per heavy atom. The Balaban J connectivity index is 1.55. The number of aromatic nitrogens is 2. The SMILES string of the molecule is CC(NC(=O)C(O)c1ccccc1)C(=O)Nc1cc(CC(C)c2cc(F)cc(F)c2)[nH]n1. The summed E-state index contributed by atoms with van der Waals surface area (Å²) in [4.78, 5) is 24.6. The number of hydrogen-bond donors (Lipinski definition) is 4. The van der Waals surface area contributed by atoms with Gasteiger partial charge in [-0.15, -0.1) is 0 Å². The Morgan fingerprint density at radius 2 is 1.66 bits per heavy atom. The molecule has 0 saturated carbocycles. The molecule has 0 radical (unpaired) electrons. The topological polar surface area (TPSA) is 107 Å². The third kappa shape index (κ3) is 5.98. The van der Waals surface area contributed by atoms with Gasteiger partial charge in [-0.2, -0.15) is 5.10 Å². The normalized spacial score (nSPS) is 13.8. The second kappa shape index (κ2) is 10.1. The summed E-state index contributed by atoms with van der Waals surface area (Å²) in [6.45, 7) is 3.31. The number of aliphatic hydroxyl groups excluding tert-OH is 1. The molecule has 0 spiro atoms. The highest BCUT2D eigenvalue weighted by atomic mass is 19.1. The van der Waals surface area contributed by atoms with Crippen molar-refractivity contribution in [3.8, 4) is 0 Å². The minimum atomic E-state index is -1.39. The van der Waals surface area contributed by atoms with Gasteiger partial charge in [0.2, 0.25) is 5.91 Å². The van der Waals surface area contributed by atoms with Crippen molar-refractivity contribution < 1.29 is 23.5 Å². The second-order valence-electron chi connectivity index (χ2n) is 7.62. The number of amides is 2. The number of nitrogens with zero attached hydrogens (tertiary/aromatic N) is 1. The van der Waals surface area contributed by atoms with Gasteiger partial charge in [0.1, 0.15) is 17.7 Å². The van der Waals surface area contributed by atoms with Crippen LogP contribution in [0.25, 0.3) is 0 Å². The average molecular weight is 442 g/mol. The molecule has 3 rings (SSSR count). The summed E-state index contributed by atoms with van der Waals surface area (Å²) in [5.41, 5.74) is 1.59. The van der Waals surface area contributed by atoms with Crippen molar-refractivity contribution in [2.24, 2.45) is 0 Å². The van der Waals surface area contributed by atoms with E-state index in [1.165, 1.54) is 19.1 Å². The van der Waals surface area contributed by atoms with E-state index in [9.17, 15) is 23.5 Å². The van der Waals surface area contributed by atoms with Crippen LogP contribution in [0.3, 0.4) is 0 Å². The van der Waals surface area contributed by atoms with E-state index in [0.717, 1.165) is 6.07 Å². The highest BCUT2D eigenvalue weighted by molar-refractivity contribution is 5.96. The highest BCUT2D eigenvalue weighted by Gasteiger charge is 2.22. The number of rotatable bonds is 8. The molecule has 0 aliphatic rings. The zero-order valence-electron chi connectivity index (χ0n) is 17.6. The largest absolute Gasteiger partial charge is 0.378 e.